The average Bonchev–Trinajstić information content (AvgIpc) is 2.98. The van der Waals surface area contributed by atoms with Crippen LogP contribution in [0.4, 0.5) is 0 Å². The Morgan fingerprint density at radius 1 is 1.13 bits per heavy atom. The van der Waals surface area contributed by atoms with Crippen molar-refractivity contribution in [3.63, 3.8) is 0 Å². The topological polar surface area (TPSA) is 103 Å². The molecule has 0 saturated carbocycles. The number of fused-ring (bicyclic) bond motifs is 1. The van der Waals surface area contributed by atoms with Crippen molar-refractivity contribution in [2.45, 2.75) is 37.6 Å². The molecule has 2 aromatic rings. The molecule has 160 valence electrons. The molecular formula is C21H26N4O5. The Morgan fingerprint density at radius 2 is 1.87 bits per heavy atom. The predicted octanol–water partition coefficient (Wildman–Crippen LogP) is 0.670. The number of piperidine rings is 2. The second-order valence-electron chi connectivity index (χ2n) is 8.01. The lowest BCUT2D eigenvalue weighted by molar-refractivity contribution is -0.137. The van der Waals surface area contributed by atoms with Crippen LogP contribution in [0.15, 0.2) is 23.0 Å². The summed E-state index contributed by atoms with van der Waals surface area (Å²) >= 11 is 0. The third-order valence-corrected chi connectivity index (χ3v) is 6.22. The van der Waals surface area contributed by atoms with E-state index in [1.54, 1.807) is 11.6 Å². The molecule has 2 saturated heterocycles. The van der Waals surface area contributed by atoms with Crippen molar-refractivity contribution >= 4 is 28.8 Å². The molecule has 9 heteroatoms. The maximum Gasteiger partial charge on any atom is 0.329 e. The van der Waals surface area contributed by atoms with Gasteiger partial charge in [-0.3, -0.25) is 28.8 Å². The molecule has 0 aliphatic carbocycles. The number of imidazole rings is 1. The highest BCUT2D eigenvalue weighted by Gasteiger charge is 2.31. The SMILES string of the molecule is COCC(=O)N1CCC(c2ccc3c(c2)n(C)c(=O)n3C2CCC(=O)NC2=O)CC1. The van der Waals surface area contributed by atoms with Crippen LogP contribution in [0.5, 0.6) is 0 Å². The lowest BCUT2D eigenvalue weighted by Gasteiger charge is -2.32. The highest BCUT2D eigenvalue weighted by molar-refractivity contribution is 6.00. The van der Waals surface area contributed by atoms with Crippen molar-refractivity contribution in [3.8, 4) is 0 Å². The van der Waals surface area contributed by atoms with E-state index in [1.165, 1.54) is 11.7 Å². The fourth-order valence-corrected chi connectivity index (χ4v) is 4.54. The lowest BCUT2D eigenvalue weighted by Crippen LogP contribution is -2.44. The van der Waals surface area contributed by atoms with E-state index in [1.807, 2.05) is 23.1 Å². The van der Waals surface area contributed by atoms with E-state index < -0.39 is 11.9 Å². The molecule has 2 fully saturated rings. The van der Waals surface area contributed by atoms with Gasteiger partial charge in [0.2, 0.25) is 17.7 Å². The highest BCUT2D eigenvalue weighted by atomic mass is 16.5. The first-order valence-corrected chi connectivity index (χ1v) is 10.2. The number of hydrogen-bond donors (Lipinski definition) is 1. The van der Waals surface area contributed by atoms with Gasteiger partial charge in [-0.25, -0.2) is 4.79 Å². The number of aromatic nitrogens is 2. The van der Waals surface area contributed by atoms with Gasteiger partial charge in [-0.15, -0.1) is 0 Å². The van der Waals surface area contributed by atoms with Crippen LogP contribution in [0, 0.1) is 0 Å². The molecule has 30 heavy (non-hydrogen) atoms. The quantitative estimate of drug-likeness (QED) is 0.741. The Bertz CT molecular complexity index is 1060. The highest BCUT2D eigenvalue weighted by Crippen LogP contribution is 2.31. The molecule has 1 unspecified atom stereocenters. The van der Waals surface area contributed by atoms with Crippen LogP contribution in [-0.4, -0.2) is 58.6 Å². The number of carbonyl (C=O) groups is 3. The number of benzene rings is 1. The number of nitrogens with zero attached hydrogens (tertiary/aromatic N) is 3. The van der Waals surface area contributed by atoms with Gasteiger partial charge in [0.15, 0.2) is 0 Å². The van der Waals surface area contributed by atoms with Crippen LogP contribution >= 0.6 is 0 Å². The first-order chi connectivity index (χ1) is 14.4. The van der Waals surface area contributed by atoms with Crippen molar-refractivity contribution in [2.24, 2.45) is 7.05 Å². The molecule has 0 radical (unpaired) electrons. The minimum Gasteiger partial charge on any atom is -0.375 e. The molecule has 2 aliphatic rings. The third kappa shape index (κ3) is 3.54. The number of likely N-dealkylation sites (tertiary alicyclic amines) is 1. The van der Waals surface area contributed by atoms with Gasteiger partial charge in [-0.05, 0) is 42.9 Å². The van der Waals surface area contributed by atoms with Crippen LogP contribution in [0.25, 0.3) is 11.0 Å². The van der Waals surface area contributed by atoms with E-state index in [0.717, 1.165) is 23.9 Å². The zero-order valence-corrected chi connectivity index (χ0v) is 17.2. The average molecular weight is 414 g/mol. The number of nitrogens with one attached hydrogen (secondary N) is 1. The minimum atomic E-state index is -0.681. The van der Waals surface area contributed by atoms with E-state index in [2.05, 4.69) is 5.32 Å². The smallest absolute Gasteiger partial charge is 0.329 e. The van der Waals surface area contributed by atoms with E-state index in [-0.39, 0.29) is 30.5 Å². The molecule has 1 atom stereocenters. The van der Waals surface area contributed by atoms with E-state index in [4.69, 9.17) is 4.74 Å². The van der Waals surface area contributed by atoms with Crippen LogP contribution in [0.1, 0.15) is 43.2 Å². The molecule has 1 aromatic heterocycles. The van der Waals surface area contributed by atoms with Gasteiger partial charge in [0.25, 0.3) is 0 Å². The number of imide groups is 1. The summed E-state index contributed by atoms with van der Waals surface area (Å²) in [6, 6.07) is 5.22. The summed E-state index contributed by atoms with van der Waals surface area (Å²) in [6.07, 6.45) is 2.24. The van der Waals surface area contributed by atoms with Crippen LogP contribution in [-0.2, 0) is 26.2 Å². The number of methoxy groups -OCH3 is 1. The second kappa shape index (κ2) is 8.06. The zero-order valence-electron chi connectivity index (χ0n) is 17.2. The Hall–Kier alpha value is -2.94. The van der Waals surface area contributed by atoms with Gasteiger partial charge in [-0.1, -0.05) is 6.07 Å². The van der Waals surface area contributed by atoms with Gasteiger partial charge >= 0.3 is 5.69 Å². The Labute approximate surface area is 173 Å². The summed E-state index contributed by atoms with van der Waals surface area (Å²) in [7, 11) is 3.22. The van der Waals surface area contributed by atoms with Crippen molar-refractivity contribution in [2.75, 3.05) is 26.8 Å². The largest absolute Gasteiger partial charge is 0.375 e. The number of ether oxygens (including phenoxy) is 1. The van der Waals surface area contributed by atoms with Crippen LogP contribution in [0.2, 0.25) is 0 Å². The second-order valence-corrected chi connectivity index (χ2v) is 8.01. The molecule has 0 bridgehead atoms. The molecule has 3 heterocycles. The summed E-state index contributed by atoms with van der Waals surface area (Å²) in [5, 5.41) is 2.33. The molecule has 1 N–H and O–H groups in total. The molecular weight excluding hydrogens is 388 g/mol. The third-order valence-electron chi connectivity index (χ3n) is 6.22. The first kappa shape index (κ1) is 20.3. The maximum atomic E-state index is 12.9. The summed E-state index contributed by atoms with van der Waals surface area (Å²) < 4.78 is 7.98. The lowest BCUT2D eigenvalue weighted by atomic mass is 9.89. The molecule has 4 rings (SSSR count). The number of aryl methyl sites for hydroxylation is 1. The van der Waals surface area contributed by atoms with E-state index in [0.29, 0.717) is 30.9 Å². The summed E-state index contributed by atoms with van der Waals surface area (Å²) in [6.45, 7) is 1.47. The van der Waals surface area contributed by atoms with Gasteiger partial charge in [0, 0.05) is 33.7 Å². The summed E-state index contributed by atoms with van der Waals surface area (Å²) in [5.41, 5.74) is 2.31. The summed E-state index contributed by atoms with van der Waals surface area (Å²) in [4.78, 5) is 50.5. The number of amides is 3. The number of carbonyl (C=O) groups excluding carboxylic acids is 3. The van der Waals surface area contributed by atoms with Gasteiger partial charge in [-0.2, -0.15) is 0 Å². The minimum absolute atomic E-state index is 0.00937. The molecule has 2 aliphatic heterocycles. The monoisotopic (exact) mass is 414 g/mol. The molecule has 0 spiro atoms. The van der Waals surface area contributed by atoms with Crippen molar-refractivity contribution < 1.29 is 19.1 Å². The Kier molecular flexibility index (Phi) is 5.46. The molecule has 3 amide bonds. The van der Waals surface area contributed by atoms with E-state index >= 15 is 0 Å². The Morgan fingerprint density at radius 3 is 2.53 bits per heavy atom. The number of rotatable bonds is 4. The van der Waals surface area contributed by atoms with Crippen molar-refractivity contribution in [1.82, 2.24) is 19.4 Å². The fraction of sp³-hybridized carbons (Fsp3) is 0.524. The fourth-order valence-electron chi connectivity index (χ4n) is 4.54. The summed E-state index contributed by atoms with van der Waals surface area (Å²) in [5.74, 6) is -0.426. The Balaban J connectivity index is 1.60. The first-order valence-electron chi connectivity index (χ1n) is 10.2. The standard InChI is InChI=1S/C21H26N4O5/c1-23-17-11-14(13-7-9-24(10-8-13)19(27)12-30-2)3-4-15(17)25(21(23)29)16-5-6-18(26)22-20(16)28/h3-4,11,13,16H,5-10,12H2,1-2H3,(H,22,26,28). The maximum absolute atomic E-state index is 12.9. The van der Waals surface area contributed by atoms with Gasteiger partial charge < -0.3 is 9.64 Å². The zero-order chi connectivity index (χ0) is 21.4. The van der Waals surface area contributed by atoms with Crippen LogP contribution in [0.3, 0.4) is 0 Å². The van der Waals surface area contributed by atoms with Crippen molar-refractivity contribution in [3.05, 3.63) is 34.2 Å². The molecule has 1 aromatic carbocycles. The van der Waals surface area contributed by atoms with E-state index in [9.17, 15) is 19.2 Å². The van der Waals surface area contributed by atoms with Gasteiger partial charge in [0.05, 0.1) is 11.0 Å². The number of hydrogen-bond acceptors (Lipinski definition) is 5. The predicted molar refractivity (Wildman–Crippen MR) is 109 cm³/mol. The normalized spacial score (nSPS) is 20.6. The van der Waals surface area contributed by atoms with Crippen LogP contribution < -0.4 is 11.0 Å². The van der Waals surface area contributed by atoms with Gasteiger partial charge in [0.1, 0.15) is 12.6 Å². The van der Waals surface area contributed by atoms with Crippen molar-refractivity contribution in [1.29, 1.82) is 0 Å². The molecule has 9 nitrogen and oxygen atoms in total.